The number of fused-ring (bicyclic) bond motifs is 1. The van der Waals surface area contributed by atoms with E-state index in [9.17, 15) is 29.4 Å². The van der Waals surface area contributed by atoms with Crippen molar-refractivity contribution in [1.82, 2.24) is 20.9 Å². The molecule has 0 aliphatic rings. The van der Waals surface area contributed by atoms with Gasteiger partial charge in [-0.15, -0.1) is 0 Å². The fourth-order valence-corrected chi connectivity index (χ4v) is 5.00. The first kappa shape index (κ1) is 34.1. The lowest BCUT2D eigenvalue weighted by molar-refractivity contribution is -0.142. The van der Waals surface area contributed by atoms with E-state index in [4.69, 9.17) is 11.5 Å². The molecule has 3 aromatic rings. The number of carboxylic acids is 1. The fourth-order valence-electron chi connectivity index (χ4n) is 5.00. The molecule has 0 radical (unpaired) electrons. The molecule has 238 valence electrons. The van der Waals surface area contributed by atoms with Crippen molar-refractivity contribution >= 4 is 34.6 Å². The van der Waals surface area contributed by atoms with Crippen LogP contribution in [-0.4, -0.2) is 69.6 Å². The van der Waals surface area contributed by atoms with Crippen molar-refractivity contribution in [2.45, 2.75) is 76.5 Å². The molecule has 0 aliphatic carbocycles. The lowest BCUT2D eigenvalue weighted by Crippen LogP contribution is -2.57. The van der Waals surface area contributed by atoms with E-state index in [-0.39, 0.29) is 30.9 Å². The van der Waals surface area contributed by atoms with Gasteiger partial charge in [0.05, 0.1) is 6.04 Å². The number of H-pyrrole nitrogens is 1. The number of nitrogens with one attached hydrogen (secondary N) is 4. The summed E-state index contributed by atoms with van der Waals surface area (Å²) in [4.78, 5) is 55.4. The summed E-state index contributed by atoms with van der Waals surface area (Å²) >= 11 is 0. The van der Waals surface area contributed by atoms with Gasteiger partial charge in [0, 0.05) is 29.9 Å². The molecule has 4 atom stereocenters. The lowest BCUT2D eigenvalue weighted by atomic mass is 10.0. The molecule has 0 fully saturated rings. The van der Waals surface area contributed by atoms with Crippen LogP contribution >= 0.6 is 0 Å². The van der Waals surface area contributed by atoms with Gasteiger partial charge in [0.15, 0.2) is 0 Å². The Labute approximate surface area is 257 Å². The van der Waals surface area contributed by atoms with Gasteiger partial charge in [-0.05, 0) is 67.5 Å². The number of carbonyl (C=O) groups is 4. The van der Waals surface area contributed by atoms with E-state index in [1.54, 1.807) is 18.3 Å². The standard InChI is InChI=1S/C32H44N6O6/c1-19(2)15-24(34)29(40)37-27(17-21-18-35-25-8-4-3-7-23(21)25)31(42)36-26(9-5-6-14-33)30(41)38-28(32(43)44)16-20-10-12-22(39)13-11-20/h3-4,7-8,10-13,18-19,24,26-28,35,39H,5-6,9,14-17,33-34H2,1-2H3,(H,36,42)(H,37,40)(H,38,41)(H,43,44). The van der Waals surface area contributed by atoms with Gasteiger partial charge in [-0.1, -0.05) is 44.2 Å². The smallest absolute Gasteiger partial charge is 0.326 e. The van der Waals surface area contributed by atoms with Crippen molar-refractivity contribution in [3.8, 4) is 5.75 Å². The quantitative estimate of drug-likeness (QED) is 0.105. The van der Waals surface area contributed by atoms with Gasteiger partial charge in [0.2, 0.25) is 17.7 Å². The molecule has 3 rings (SSSR count). The molecule has 12 heteroatoms. The second-order valence-corrected chi connectivity index (χ2v) is 11.5. The number of hydrogen-bond donors (Lipinski definition) is 8. The maximum absolute atomic E-state index is 13.8. The number of benzene rings is 2. The zero-order valence-corrected chi connectivity index (χ0v) is 25.2. The van der Waals surface area contributed by atoms with Crippen LogP contribution in [0.25, 0.3) is 10.9 Å². The summed E-state index contributed by atoms with van der Waals surface area (Å²) < 4.78 is 0. The molecular weight excluding hydrogens is 564 g/mol. The highest BCUT2D eigenvalue weighted by Gasteiger charge is 2.31. The van der Waals surface area contributed by atoms with Gasteiger partial charge in [0.25, 0.3) is 0 Å². The maximum Gasteiger partial charge on any atom is 0.326 e. The number of nitrogens with two attached hydrogens (primary N) is 2. The number of aromatic nitrogens is 1. The van der Waals surface area contributed by atoms with Gasteiger partial charge in [0.1, 0.15) is 23.9 Å². The average molecular weight is 609 g/mol. The van der Waals surface area contributed by atoms with Gasteiger partial charge >= 0.3 is 5.97 Å². The number of rotatable bonds is 17. The third-order valence-corrected chi connectivity index (χ3v) is 7.36. The van der Waals surface area contributed by atoms with E-state index in [1.807, 2.05) is 38.1 Å². The third-order valence-electron chi connectivity index (χ3n) is 7.36. The molecule has 0 bridgehead atoms. The van der Waals surface area contributed by atoms with Crippen LogP contribution in [0.5, 0.6) is 5.75 Å². The second kappa shape index (κ2) is 16.4. The number of hydrogen-bond acceptors (Lipinski definition) is 7. The van der Waals surface area contributed by atoms with Crippen LogP contribution in [0.1, 0.15) is 50.7 Å². The van der Waals surface area contributed by atoms with Gasteiger partial charge in [-0.25, -0.2) is 4.79 Å². The van der Waals surface area contributed by atoms with E-state index in [2.05, 4.69) is 20.9 Å². The van der Waals surface area contributed by atoms with Crippen molar-refractivity contribution in [2.75, 3.05) is 6.54 Å². The fraction of sp³-hybridized carbons (Fsp3) is 0.438. The summed E-state index contributed by atoms with van der Waals surface area (Å²) in [7, 11) is 0. The van der Waals surface area contributed by atoms with E-state index in [0.717, 1.165) is 16.5 Å². The molecule has 0 saturated heterocycles. The molecule has 44 heavy (non-hydrogen) atoms. The summed E-state index contributed by atoms with van der Waals surface area (Å²) in [6, 6.07) is 9.33. The van der Waals surface area contributed by atoms with Crippen molar-refractivity contribution < 1.29 is 29.4 Å². The van der Waals surface area contributed by atoms with Crippen LogP contribution in [-0.2, 0) is 32.0 Å². The number of phenols is 1. The molecule has 10 N–H and O–H groups in total. The van der Waals surface area contributed by atoms with Crippen LogP contribution < -0.4 is 27.4 Å². The zero-order chi connectivity index (χ0) is 32.2. The predicted octanol–water partition coefficient (Wildman–Crippen LogP) is 1.70. The zero-order valence-electron chi connectivity index (χ0n) is 25.2. The largest absolute Gasteiger partial charge is 0.508 e. The van der Waals surface area contributed by atoms with E-state index in [0.29, 0.717) is 31.4 Å². The van der Waals surface area contributed by atoms with Crippen molar-refractivity contribution in [2.24, 2.45) is 17.4 Å². The maximum atomic E-state index is 13.8. The minimum Gasteiger partial charge on any atom is -0.508 e. The second-order valence-electron chi connectivity index (χ2n) is 11.5. The van der Waals surface area contributed by atoms with Crippen molar-refractivity contribution in [3.63, 3.8) is 0 Å². The highest BCUT2D eigenvalue weighted by molar-refractivity contribution is 5.95. The summed E-state index contributed by atoms with van der Waals surface area (Å²) in [6.07, 6.45) is 3.61. The highest BCUT2D eigenvalue weighted by Crippen LogP contribution is 2.20. The Kier molecular flexibility index (Phi) is 12.7. The molecule has 0 saturated carbocycles. The minimum atomic E-state index is -1.28. The minimum absolute atomic E-state index is 0.0300. The summed E-state index contributed by atoms with van der Waals surface area (Å²) in [5.41, 5.74) is 14.0. The first-order chi connectivity index (χ1) is 21.0. The number of aliphatic carboxylic acids is 1. The van der Waals surface area contributed by atoms with E-state index in [1.165, 1.54) is 12.1 Å². The number of amides is 3. The van der Waals surface area contributed by atoms with Crippen LogP contribution in [0.4, 0.5) is 0 Å². The molecule has 12 nitrogen and oxygen atoms in total. The van der Waals surface area contributed by atoms with Crippen molar-refractivity contribution in [1.29, 1.82) is 0 Å². The first-order valence-electron chi connectivity index (χ1n) is 14.9. The Balaban J connectivity index is 1.82. The molecule has 1 heterocycles. The third kappa shape index (κ3) is 10.1. The first-order valence-corrected chi connectivity index (χ1v) is 14.9. The van der Waals surface area contributed by atoms with E-state index >= 15 is 0 Å². The average Bonchev–Trinajstić information content (AvgIpc) is 3.39. The van der Waals surface area contributed by atoms with Gasteiger partial charge in [-0.2, -0.15) is 0 Å². The summed E-state index contributed by atoms with van der Waals surface area (Å²) in [5, 5.41) is 28.3. The highest BCUT2D eigenvalue weighted by atomic mass is 16.4. The van der Waals surface area contributed by atoms with Crippen LogP contribution in [0.15, 0.2) is 54.7 Å². The number of aromatic hydroxyl groups is 1. The Hall–Kier alpha value is -4.42. The van der Waals surface area contributed by atoms with Crippen LogP contribution in [0.2, 0.25) is 0 Å². The monoisotopic (exact) mass is 608 g/mol. The molecule has 0 aliphatic heterocycles. The summed E-state index contributed by atoms with van der Waals surface area (Å²) in [5.74, 6) is -2.80. The SMILES string of the molecule is CC(C)CC(N)C(=O)NC(Cc1c[nH]c2ccccc12)C(=O)NC(CCCCN)C(=O)NC(Cc1ccc(O)cc1)C(=O)O. The number of carboxylic acid groups (broad SMARTS) is 1. The normalized spacial score (nSPS) is 14.0. The Bertz CT molecular complexity index is 1410. The van der Waals surface area contributed by atoms with Crippen LogP contribution in [0.3, 0.4) is 0 Å². The van der Waals surface area contributed by atoms with Gasteiger partial charge in [-0.3, -0.25) is 14.4 Å². The summed E-state index contributed by atoms with van der Waals surface area (Å²) in [6.45, 7) is 4.27. The number of para-hydroxylation sites is 1. The number of phenolic OH excluding ortho intramolecular Hbond substituents is 1. The number of aromatic amines is 1. The lowest BCUT2D eigenvalue weighted by Gasteiger charge is -2.25. The number of unbranched alkanes of at least 4 members (excludes halogenated alkanes) is 1. The Morgan fingerprint density at radius 1 is 0.841 bits per heavy atom. The van der Waals surface area contributed by atoms with Gasteiger partial charge < -0.3 is 42.6 Å². The van der Waals surface area contributed by atoms with Crippen molar-refractivity contribution in [3.05, 3.63) is 65.9 Å². The predicted molar refractivity (Wildman–Crippen MR) is 168 cm³/mol. The Morgan fingerprint density at radius 3 is 2.14 bits per heavy atom. The Morgan fingerprint density at radius 2 is 1.48 bits per heavy atom. The van der Waals surface area contributed by atoms with E-state index < -0.39 is 47.9 Å². The topological polar surface area (TPSA) is 213 Å². The molecule has 3 amide bonds. The molecule has 4 unspecified atom stereocenters. The number of carbonyl (C=O) groups excluding carboxylic acids is 3. The molecule has 0 spiro atoms. The van der Waals surface area contributed by atoms with Crippen LogP contribution in [0, 0.1) is 5.92 Å². The molecule has 2 aromatic carbocycles. The molecular formula is C32H44N6O6. The molecule has 1 aromatic heterocycles.